The summed E-state index contributed by atoms with van der Waals surface area (Å²) in [5, 5.41) is 11.4. The van der Waals surface area contributed by atoms with Gasteiger partial charge in [0.25, 0.3) is 5.56 Å². The van der Waals surface area contributed by atoms with Crippen LogP contribution in [-0.4, -0.2) is 29.8 Å². The molecule has 0 fully saturated rings. The van der Waals surface area contributed by atoms with Crippen LogP contribution in [0.2, 0.25) is 0 Å². The Morgan fingerprint density at radius 3 is 2.76 bits per heavy atom. The van der Waals surface area contributed by atoms with Gasteiger partial charge in [0.15, 0.2) is 5.82 Å². The fourth-order valence-corrected chi connectivity index (χ4v) is 1.46. The molecule has 8 heteroatoms. The lowest BCUT2D eigenvalue weighted by Gasteiger charge is -2.03. The maximum Gasteiger partial charge on any atom is 0.328 e. The molecule has 0 amide bonds. The molecule has 0 aliphatic rings. The summed E-state index contributed by atoms with van der Waals surface area (Å²) in [5.41, 5.74) is -0.269. The van der Waals surface area contributed by atoms with E-state index < -0.39 is 5.69 Å². The smallest absolute Gasteiger partial charge is 0.293 e. The average molecular weight is 236 g/mol. The second-order valence-corrected chi connectivity index (χ2v) is 3.59. The normalized spacial score (nSPS) is 10.7. The van der Waals surface area contributed by atoms with Crippen molar-refractivity contribution in [1.82, 2.24) is 29.8 Å². The van der Waals surface area contributed by atoms with Gasteiger partial charge < -0.3 is 0 Å². The van der Waals surface area contributed by atoms with Crippen LogP contribution in [0.25, 0.3) is 0 Å². The van der Waals surface area contributed by atoms with Gasteiger partial charge in [0, 0.05) is 11.8 Å². The first-order chi connectivity index (χ1) is 8.10. The highest BCUT2D eigenvalue weighted by Crippen LogP contribution is 1.93. The van der Waals surface area contributed by atoms with Gasteiger partial charge in [-0.05, 0) is 11.6 Å². The third-order valence-electron chi connectivity index (χ3n) is 2.33. The van der Waals surface area contributed by atoms with E-state index in [1.165, 1.54) is 15.6 Å². The molecular formula is C9H12N6O2. The summed E-state index contributed by atoms with van der Waals surface area (Å²) in [5.74, 6) is 0.420. The number of hydrogen-bond donors (Lipinski definition) is 1. The summed E-state index contributed by atoms with van der Waals surface area (Å²) < 4.78 is 1.36. The molecule has 0 spiro atoms. The van der Waals surface area contributed by atoms with Crippen molar-refractivity contribution in [2.75, 3.05) is 0 Å². The van der Waals surface area contributed by atoms with E-state index in [0.29, 0.717) is 17.8 Å². The Kier molecular flexibility index (Phi) is 2.86. The first-order valence-electron chi connectivity index (χ1n) is 5.15. The summed E-state index contributed by atoms with van der Waals surface area (Å²) in [6, 6.07) is 0. The maximum absolute atomic E-state index is 11.5. The minimum atomic E-state index is -0.473. The lowest BCUT2D eigenvalue weighted by molar-refractivity contribution is 0.621. The summed E-state index contributed by atoms with van der Waals surface area (Å²) in [4.78, 5) is 26.5. The predicted molar refractivity (Wildman–Crippen MR) is 58.6 cm³/mol. The molecule has 2 heterocycles. The maximum atomic E-state index is 11.5. The molecule has 0 saturated heterocycles. The van der Waals surface area contributed by atoms with Crippen molar-refractivity contribution < 1.29 is 0 Å². The van der Waals surface area contributed by atoms with Gasteiger partial charge >= 0.3 is 5.69 Å². The van der Waals surface area contributed by atoms with Gasteiger partial charge in [-0.15, -0.1) is 10.2 Å². The third-order valence-corrected chi connectivity index (χ3v) is 2.33. The molecule has 0 radical (unpaired) electrons. The fraction of sp³-hybridized carbons (Fsp3) is 0.444. The lowest BCUT2D eigenvalue weighted by Crippen LogP contribution is -2.32. The Morgan fingerprint density at radius 1 is 1.41 bits per heavy atom. The summed E-state index contributed by atoms with van der Waals surface area (Å²) in [6.07, 6.45) is 2.08. The minimum Gasteiger partial charge on any atom is -0.293 e. The average Bonchev–Trinajstić information content (AvgIpc) is 2.68. The van der Waals surface area contributed by atoms with Crippen LogP contribution in [0.3, 0.4) is 0 Å². The summed E-state index contributed by atoms with van der Waals surface area (Å²) in [6.45, 7) is 2.04. The Hall–Kier alpha value is -2.25. The largest absolute Gasteiger partial charge is 0.328 e. The molecule has 0 aromatic carbocycles. The second kappa shape index (κ2) is 4.32. The highest BCUT2D eigenvalue weighted by molar-refractivity contribution is 5.04. The van der Waals surface area contributed by atoms with E-state index in [0.717, 1.165) is 0 Å². The Labute approximate surface area is 95.9 Å². The molecule has 2 aromatic heterocycles. The Balaban J connectivity index is 2.39. The van der Waals surface area contributed by atoms with Crippen LogP contribution in [0, 0.1) is 0 Å². The Bertz CT molecular complexity index is 637. The zero-order valence-corrected chi connectivity index (χ0v) is 9.54. The summed E-state index contributed by atoms with van der Waals surface area (Å²) in [7, 11) is 1.64. The number of aromatic nitrogens is 6. The van der Waals surface area contributed by atoms with Gasteiger partial charge in [-0.1, -0.05) is 6.92 Å². The van der Waals surface area contributed by atoms with Crippen LogP contribution in [0.1, 0.15) is 18.3 Å². The van der Waals surface area contributed by atoms with Crippen LogP contribution >= 0.6 is 0 Å². The molecule has 0 bridgehead atoms. The van der Waals surface area contributed by atoms with Crippen molar-refractivity contribution in [3.63, 3.8) is 0 Å². The van der Waals surface area contributed by atoms with Crippen LogP contribution in [0.5, 0.6) is 0 Å². The zero-order valence-electron chi connectivity index (χ0n) is 9.54. The number of nitrogens with zero attached hydrogens (tertiary/aromatic N) is 5. The standard InChI is InChI=1S/C9H12N6O2/c1-3-6-4-15(9(17)10-8(6)16)5-7-11-13-14(2)12-7/h4H,3,5H2,1-2H3,(H,10,16,17). The molecule has 0 aliphatic heterocycles. The van der Waals surface area contributed by atoms with Crippen molar-refractivity contribution in [3.05, 3.63) is 38.4 Å². The molecule has 0 unspecified atom stereocenters. The monoisotopic (exact) mass is 236 g/mol. The number of rotatable bonds is 3. The molecule has 8 nitrogen and oxygen atoms in total. The van der Waals surface area contributed by atoms with E-state index in [2.05, 4.69) is 20.4 Å². The van der Waals surface area contributed by atoms with Crippen molar-refractivity contribution >= 4 is 0 Å². The molecule has 2 aromatic rings. The molecule has 0 saturated carbocycles. The zero-order chi connectivity index (χ0) is 12.4. The van der Waals surface area contributed by atoms with E-state index in [-0.39, 0.29) is 12.1 Å². The Morgan fingerprint density at radius 2 is 2.18 bits per heavy atom. The van der Waals surface area contributed by atoms with Crippen molar-refractivity contribution in [2.24, 2.45) is 7.05 Å². The minimum absolute atomic E-state index is 0.191. The van der Waals surface area contributed by atoms with Gasteiger partial charge in [0.2, 0.25) is 0 Å². The molecular weight excluding hydrogens is 224 g/mol. The lowest BCUT2D eigenvalue weighted by atomic mass is 10.3. The van der Waals surface area contributed by atoms with Gasteiger partial charge in [-0.2, -0.15) is 4.80 Å². The third kappa shape index (κ3) is 2.30. The van der Waals surface area contributed by atoms with Crippen molar-refractivity contribution in [3.8, 4) is 0 Å². The first-order valence-corrected chi connectivity index (χ1v) is 5.15. The highest BCUT2D eigenvalue weighted by Gasteiger charge is 2.06. The first kappa shape index (κ1) is 11.2. The number of aromatic amines is 1. The quantitative estimate of drug-likeness (QED) is 0.712. The molecule has 2 rings (SSSR count). The molecule has 90 valence electrons. The number of H-pyrrole nitrogens is 1. The highest BCUT2D eigenvalue weighted by atomic mass is 16.2. The van der Waals surface area contributed by atoms with Crippen molar-refractivity contribution in [1.29, 1.82) is 0 Å². The molecule has 0 atom stereocenters. The van der Waals surface area contributed by atoms with Crippen LogP contribution in [-0.2, 0) is 20.0 Å². The van der Waals surface area contributed by atoms with Gasteiger partial charge in [-0.3, -0.25) is 14.3 Å². The second-order valence-electron chi connectivity index (χ2n) is 3.59. The van der Waals surface area contributed by atoms with E-state index in [9.17, 15) is 9.59 Å². The predicted octanol–water partition coefficient (Wildman–Crippen LogP) is -1.33. The van der Waals surface area contributed by atoms with E-state index in [1.807, 2.05) is 6.92 Å². The van der Waals surface area contributed by atoms with E-state index in [4.69, 9.17) is 0 Å². The van der Waals surface area contributed by atoms with Crippen LogP contribution in [0.15, 0.2) is 15.8 Å². The summed E-state index contributed by atoms with van der Waals surface area (Å²) >= 11 is 0. The van der Waals surface area contributed by atoms with Gasteiger partial charge in [-0.25, -0.2) is 4.79 Å². The van der Waals surface area contributed by atoms with Gasteiger partial charge in [0.1, 0.15) is 0 Å². The van der Waals surface area contributed by atoms with E-state index in [1.54, 1.807) is 7.05 Å². The molecule has 0 aliphatic carbocycles. The van der Waals surface area contributed by atoms with Crippen LogP contribution < -0.4 is 11.2 Å². The van der Waals surface area contributed by atoms with Gasteiger partial charge in [0.05, 0.1) is 13.6 Å². The SMILES string of the molecule is CCc1cn(Cc2nnn(C)n2)c(=O)[nH]c1=O. The topological polar surface area (TPSA) is 98.5 Å². The molecule has 1 N–H and O–H groups in total. The van der Waals surface area contributed by atoms with Crippen LogP contribution in [0.4, 0.5) is 0 Å². The molecule has 17 heavy (non-hydrogen) atoms. The number of hydrogen-bond acceptors (Lipinski definition) is 5. The fourth-order valence-electron chi connectivity index (χ4n) is 1.46. The number of nitrogens with one attached hydrogen (secondary N) is 1. The van der Waals surface area contributed by atoms with E-state index >= 15 is 0 Å². The van der Waals surface area contributed by atoms with Crippen molar-refractivity contribution in [2.45, 2.75) is 19.9 Å². The number of aryl methyl sites for hydroxylation is 2. The number of tetrazole rings is 1.